The van der Waals surface area contributed by atoms with Gasteiger partial charge in [-0.05, 0) is 25.2 Å². The number of hydrogen-bond acceptors (Lipinski definition) is 1. The standard InChI is InChI=1S/C8H12ClF3O/c1-5-2-3-7(6(9)4-5)13-8(10,11)12/h5-7H,2-4H2,1H3. The maximum Gasteiger partial charge on any atom is 0.522 e. The maximum absolute atomic E-state index is 11.8. The van der Waals surface area contributed by atoms with E-state index in [2.05, 4.69) is 4.74 Å². The van der Waals surface area contributed by atoms with Crippen LogP contribution in [0.15, 0.2) is 0 Å². The molecule has 0 radical (unpaired) electrons. The zero-order chi connectivity index (χ0) is 10.1. The van der Waals surface area contributed by atoms with Crippen LogP contribution in [0.5, 0.6) is 0 Å². The van der Waals surface area contributed by atoms with Crippen LogP contribution < -0.4 is 0 Å². The Bertz CT molecular complexity index is 171. The van der Waals surface area contributed by atoms with Crippen LogP contribution in [0, 0.1) is 5.92 Å². The van der Waals surface area contributed by atoms with Crippen LogP contribution in [0.2, 0.25) is 0 Å². The zero-order valence-electron chi connectivity index (χ0n) is 7.27. The smallest absolute Gasteiger partial charge is 0.287 e. The highest BCUT2D eigenvalue weighted by Gasteiger charge is 2.38. The summed E-state index contributed by atoms with van der Waals surface area (Å²) in [7, 11) is 0. The summed E-state index contributed by atoms with van der Waals surface area (Å²) in [5.74, 6) is 0.399. The molecule has 0 amide bonds. The van der Waals surface area contributed by atoms with E-state index in [0.717, 1.165) is 6.42 Å². The van der Waals surface area contributed by atoms with Crippen molar-refractivity contribution in [3.05, 3.63) is 0 Å². The van der Waals surface area contributed by atoms with Crippen molar-refractivity contribution in [3.63, 3.8) is 0 Å². The van der Waals surface area contributed by atoms with Crippen LogP contribution in [-0.2, 0) is 4.74 Å². The molecule has 3 unspecified atom stereocenters. The Morgan fingerprint density at radius 1 is 1.31 bits per heavy atom. The van der Waals surface area contributed by atoms with E-state index in [1.54, 1.807) is 0 Å². The molecule has 1 aliphatic carbocycles. The molecule has 0 saturated heterocycles. The van der Waals surface area contributed by atoms with Gasteiger partial charge in [0.15, 0.2) is 0 Å². The van der Waals surface area contributed by atoms with Crippen LogP contribution in [0.25, 0.3) is 0 Å². The number of ether oxygens (including phenoxy) is 1. The van der Waals surface area contributed by atoms with Crippen LogP contribution in [0.4, 0.5) is 13.2 Å². The fourth-order valence-electron chi connectivity index (χ4n) is 1.59. The molecule has 0 bridgehead atoms. The van der Waals surface area contributed by atoms with Crippen molar-refractivity contribution in [1.29, 1.82) is 0 Å². The molecule has 78 valence electrons. The van der Waals surface area contributed by atoms with E-state index in [1.807, 2.05) is 6.92 Å². The predicted molar refractivity (Wildman–Crippen MR) is 43.6 cm³/mol. The van der Waals surface area contributed by atoms with E-state index in [1.165, 1.54) is 0 Å². The lowest BCUT2D eigenvalue weighted by Crippen LogP contribution is -2.35. The molecule has 0 aromatic carbocycles. The van der Waals surface area contributed by atoms with E-state index < -0.39 is 17.8 Å². The van der Waals surface area contributed by atoms with Crippen molar-refractivity contribution in [1.82, 2.24) is 0 Å². The van der Waals surface area contributed by atoms with E-state index >= 15 is 0 Å². The minimum absolute atomic E-state index is 0.398. The molecule has 13 heavy (non-hydrogen) atoms. The first kappa shape index (κ1) is 11.1. The quantitative estimate of drug-likeness (QED) is 0.611. The Morgan fingerprint density at radius 2 is 1.92 bits per heavy atom. The topological polar surface area (TPSA) is 9.23 Å². The highest BCUT2D eigenvalue weighted by atomic mass is 35.5. The zero-order valence-corrected chi connectivity index (χ0v) is 8.03. The van der Waals surface area contributed by atoms with E-state index in [-0.39, 0.29) is 0 Å². The third kappa shape index (κ3) is 3.73. The van der Waals surface area contributed by atoms with Gasteiger partial charge in [-0.3, -0.25) is 4.74 Å². The molecule has 0 heterocycles. The minimum Gasteiger partial charge on any atom is -0.287 e. The Hall–Kier alpha value is 0.0400. The van der Waals surface area contributed by atoms with Crippen LogP contribution in [0.3, 0.4) is 0 Å². The molecule has 1 aliphatic rings. The van der Waals surface area contributed by atoms with Gasteiger partial charge in [0.05, 0.1) is 11.5 Å². The highest BCUT2D eigenvalue weighted by molar-refractivity contribution is 6.21. The van der Waals surface area contributed by atoms with E-state index in [4.69, 9.17) is 11.6 Å². The average molecular weight is 217 g/mol. The first-order valence-electron chi connectivity index (χ1n) is 4.27. The molecule has 0 spiro atoms. The molecule has 1 nitrogen and oxygen atoms in total. The first-order valence-corrected chi connectivity index (χ1v) is 4.71. The van der Waals surface area contributed by atoms with Crippen molar-refractivity contribution >= 4 is 11.6 Å². The summed E-state index contributed by atoms with van der Waals surface area (Å²) in [6, 6.07) is 0. The Kier molecular flexibility index (Phi) is 3.46. The van der Waals surface area contributed by atoms with Gasteiger partial charge in [0.2, 0.25) is 0 Å². The van der Waals surface area contributed by atoms with Crippen LogP contribution in [-0.4, -0.2) is 17.8 Å². The van der Waals surface area contributed by atoms with Gasteiger partial charge in [-0.2, -0.15) is 0 Å². The second-order valence-corrected chi connectivity index (χ2v) is 4.10. The van der Waals surface area contributed by atoms with Crippen molar-refractivity contribution in [3.8, 4) is 0 Å². The van der Waals surface area contributed by atoms with Crippen molar-refractivity contribution in [2.45, 2.75) is 44.0 Å². The highest BCUT2D eigenvalue weighted by Crippen LogP contribution is 2.33. The minimum atomic E-state index is -4.56. The monoisotopic (exact) mass is 216 g/mol. The predicted octanol–water partition coefficient (Wildman–Crippen LogP) is 3.32. The summed E-state index contributed by atoms with van der Waals surface area (Å²) in [4.78, 5) is 0. The van der Waals surface area contributed by atoms with Gasteiger partial charge in [0.1, 0.15) is 0 Å². The average Bonchev–Trinajstić information content (AvgIpc) is 1.93. The van der Waals surface area contributed by atoms with E-state index in [0.29, 0.717) is 18.8 Å². The fraction of sp³-hybridized carbons (Fsp3) is 1.00. The lowest BCUT2D eigenvalue weighted by atomic mass is 9.88. The summed E-state index contributed by atoms with van der Waals surface area (Å²) < 4.78 is 39.4. The van der Waals surface area contributed by atoms with Crippen molar-refractivity contribution < 1.29 is 17.9 Å². The van der Waals surface area contributed by atoms with Gasteiger partial charge in [-0.25, -0.2) is 0 Å². The lowest BCUT2D eigenvalue weighted by Gasteiger charge is -2.31. The first-order chi connectivity index (χ1) is 5.88. The third-order valence-corrected chi connectivity index (χ3v) is 2.72. The lowest BCUT2D eigenvalue weighted by molar-refractivity contribution is -0.345. The maximum atomic E-state index is 11.8. The fourth-order valence-corrected chi connectivity index (χ4v) is 2.07. The summed E-state index contributed by atoms with van der Waals surface area (Å²) in [6.45, 7) is 1.99. The number of alkyl halides is 4. The summed E-state index contributed by atoms with van der Waals surface area (Å²) >= 11 is 5.76. The Morgan fingerprint density at radius 3 is 2.38 bits per heavy atom. The SMILES string of the molecule is CC1CCC(OC(F)(F)F)C(Cl)C1. The Balaban J connectivity index is 2.43. The second kappa shape index (κ2) is 4.05. The Labute approximate surface area is 80.2 Å². The van der Waals surface area contributed by atoms with Gasteiger partial charge in [-0.15, -0.1) is 24.8 Å². The van der Waals surface area contributed by atoms with E-state index in [9.17, 15) is 13.2 Å². The molecule has 0 aliphatic heterocycles. The van der Waals surface area contributed by atoms with Crippen molar-refractivity contribution in [2.75, 3.05) is 0 Å². The molecule has 0 aromatic heterocycles. The molecule has 1 fully saturated rings. The molecule has 5 heteroatoms. The summed E-state index contributed by atoms with van der Waals surface area (Å²) in [6.07, 6.45) is -3.67. The van der Waals surface area contributed by atoms with Gasteiger partial charge in [-0.1, -0.05) is 6.92 Å². The molecule has 3 atom stereocenters. The molecule has 0 aromatic rings. The summed E-state index contributed by atoms with van der Waals surface area (Å²) in [5.41, 5.74) is 0. The van der Waals surface area contributed by atoms with Gasteiger partial charge >= 0.3 is 6.36 Å². The van der Waals surface area contributed by atoms with Gasteiger partial charge < -0.3 is 0 Å². The van der Waals surface area contributed by atoms with Crippen LogP contribution >= 0.6 is 11.6 Å². The number of rotatable bonds is 1. The molecule has 1 rings (SSSR count). The van der Waals surface area contributed by atoms with Crippen LogP contribution in [0.1, 0.15) is 26.2 Å². The molecule has 0 N–H and O–H groups in total. The number of hydrogen-bond donors (Lipinski definition) is 0. The molecule has 1 saturated carbocycles. The molecular formula is C8H12ClF3O. The number of halogens is 4. The summed E-state index contributed by atoms with van der Waals surface area (Å²) in [5, 5.41) is -0.509. The second-order valence-electron chi connectivity index (χ2n) is 3.54. The third-order valence-electron chi connectivity index (χ3n) is 2.26. The van der Waals surface area contributed by atoms with Gasteiger partial charge in [0, 0.05) is 0 Å². The largest absolute Gasteiger partial charge is 0.522 e. The normalized spacial score (nSPS) is 36.2. The van der Waals surface area contributed by atoms with Crippen molar-refractivity contribution in [2.24, 2.45) is 5.92 Å². The van der Waals surface area contributed by atoms with Gasteiger partial charge in [0.25, 0.3) is 0 Å². The molecular weight excluding hydrogens is 205 g/mol.